The highest BCUT2D eigenvalue weighted by Crippen LogP contribution is 2.35. The fourth-order valence-corrected chi connectivity index (χ4v) is 2.70. The van der Waals surface area contributed by atoms with Gasteiger partial charge in [0.15, 0.2) is 0 Å². The molecule has 1 heterocycles. The van der Waals surface area contributed by atoms with Crippen LogP contribution in [0.25, 0.3) is 0 Å². The zero-order valence-electron chi connectivity index (χ0n) is 11.1. The molecule has 0 fully saturated rings. The molecule has 1 aromatic heterocycles. The molecule has 0 amide bonds. The minimum absolute atomic E-state index is 0.378. The molecule has 2 aromatic rings. The summed E-state index contributed by atoms with van der Waals surface area (Å²) in [6, 6.07) is 10.8. The molecule has 106 valence electrons. The average Bonchev–Trinajstić information content (AvgIpc) is 2.53. The van der Waals surface area contributed by atoms with E-state index in [4.69, 9.17) is 10.00 Å². The first-order chi connectivity index (χ1) is 10.1. The Hall–Kier alpha value is -2.39. The molecule has 21 heavy (non-hydrogen) atoms. The first-order valence-corrected chi connectivity index (χ1v) is 6.88. The van der Waals surface area contributed by atoms with E-state index in [1.165, 1.54) is 37.6 Å². The van der Waals surface area contributed by atoms with E-state index in [1.54, 1.807) is 12.1 Å². The van der Waals surface area contributed by atoms with Gasteiger partial charge in [-0.15, -0.1) is 0 Å². The number of nitriles is 1. The number of pyridine rings is 1. The van der Waals surface area contributed by atoms with Gasteiger partial charge >= 0.3 is 5.97 Å². The van der Waals surface area contributed by atoms with Gasteiger partial charge in [0.1, 0.15) is 11.1 Å². The molecule has 4 nitrogen and oxygen atoms in total. The summed E-state index contributed by atoms with van der Waals surface area (Å²) in [6.45, 7) is 0. The first kappa shape index (κ1) is 15.0. The molecule has 0 bridgehead atoms. The molecule has 0 radical (unpaired) electrons. The summed E-state index contributed by atoms with van der Waals surface area (Å²) in [5, 5.41) is 8.73. The number of esters is 1. The Morgan fingerprint density at radius 3 is 2.71 bits per heavy atom. The fraction of sp³-hybridized carbons (Fsp3) is 0.133. The van der Waals surface area contributed by atoms with Crippen molar-refractivity contribution < 1.29 is 13.9 Å². The predicted octanol–water partition coefficient (Wildman–Crippen LogP) is 3.10. The van der Waals surface area contributed by atoms with Gasteiger partial charge in [-0.1, -0.05) is 23.9 Å². The lowest BCUT2D eigenvalue weighted by molar-refractivity contribution is -0.140. The van der Waals surface area contributed by atoms with Crippen molar-refractivity contribution >= 4 is 17.7 Å². The number of benzene rings is 1. The van der Waals surface area contributed by atoms with Crippen molar-refractivity contribution in [1.29, 1.82) is 5.26 Å². The zero-order valence-corrected chi connectivity index (χ0v) is 11.9. The van der Waals surface area contributed by atoms with Crippen LogP contribution in [0.15, 0.2) is 47.6 Å². The number of rotatable bonds is 4. The molecule has 0 saturated heterocycles. The molecule has 1 atom stereocenters. The van der Waals surface area contributed by atoms with Gasteiger partial charge in [0, 0.05) is 6.20 Å². The Kier molecular flexibility index (Phi) is 4.90. The van der Waals surface area contributed by atoms with Gasteiger partial charge in [0.05, 0.1) is 23.8 Å². The van der Waals surface area contributed by atoms with Crippen LogP contribution in [0.1, 0.15) is 16.4 Å². The van der Waals surface area contributed by atoms with Crippen LogP contribution < -0.4 is 0 Å². The molecule has 0 aliphatic heterocycles. The molecule has 0 unspecified atom stereocenters. The third-order valence-corrected chi connectivity index (χ3v) is 3.86. The van der Waals surface area contributed by atoms with E-state index in [2.05, 4.69) is 4.98 Å². The van der Waals surface area contributed by atoms with Crippen LogP contribution in [-0.2, 0) is 9.53 Å². The SMILES string of the molecule is COC(=O)[C@@H](Sc1cc(C#N)ccn1)c1ccc(F)cc1. The highest BCUT2D eigenvalue weighted by Gasteiger charge is 2.23. The second-order valence-corrected chi connectivity index (χ2v) is 5.19. The van der Waals surface area contributed by atoms with Crippen molar-refractivity contribution in [3.8, 4) is 6.07 Å². The second kappa shape index (κ2) is 6.86. The van der Waals surface area contributed by atoms with Gasteiger partial charge in [0.2, 0.25) is 0 Å². The molecule has 1 aromatic carbocycles. The van der Waals surface area contributed by atoms with Crippen LogP contribution in [0, 0.1) is 17.1 Å². The van der Waals surface area contributed by atoms with Gasteiger partial charge in [-0.05, 0) is 29.8 Å². The number of carbonyl (C=O) groups is 1. The van der Waals surface area contributed by atoms with Crippen LogP contribution in [0.2, 0.25) is 0 Å². The Balaban J connectivity index is 2.30. The smallest absolute Gasteiger partial charge is 0.323 e. The van der Waals surface area contributed by atoms with Crippen LogP contribution in [0.5, 0.6) is 0 Å². The number of hydrogen-bond donors (Lipinski definition) is 0. The Labute approximate surface area is 125 Å². The highest BCUT2D eigenvalue weighted by molar-refractivity contribution is 8.00. The topological polar surface area (TPSA) is 63.0 Å². The molecule has 0 saturated carbocycles. The molecule has 6 heteroatoms. The quantitative estimate of drug-likeness (QED) is 0.641. The number of aromatic nitrogens is 1. The van der Waals surface area contributed by atoms with E-state index in [0.717, 1.165) is 11.8 Å². The van der Waals surface area contributed by atoms with Gasteiger partial charge in [0.25, 0.3) is 0 Å². The van der Waals surface area contributed by atoms with Gasteiger partial charge in [-0.3, -0.25) is 4.79 Å². The van der Waals surface area contributed by atoms with Crippen molar-refractivity contribution in [3.63, 3.8) is 0 Å². The van der Waals surface area contributed by atoms with E-state index >= 15 is 0 Å². The van der Waals surface area contributed by atoms with E-state index in [0.29, 0.717) is 16.2 Å². The van der Waals surface area contributed by atoms with Gasteiger partial charge < -0.3 is 4.74 Å². The van der Waals surface area contributed by atoms with Crippen LogP contribution in [0.4, 0.5) is 4.39 Å². The summed E-state index contributed by atoms with van der Waals surface area (Å²) >= 11 is 1.15. The fourth-order valence-electron chi connectivity index (χ4n) is 1.66. The molecule has 0 N–H and O–H groups in total. The number of nitrogens with zero attached hydrogens (tertiary/aromatic N) is 2. The maximum atomic E-state index is 13.0. The highest BCUT2D eigenvalue weighted by atomic mass is 32.2. The maximum Gasteiger partial charge on any atom is 0.323 e. The number of ether oxygens (including phenoxy) is 1. The number of thioether (sulfide) groups is 1. The van der Waals surface area contributed by atoms with Gasteiger partial charge in [-0.2, -0.15) is 5.26 Å². The maximum absolute atomic E-state index is 13.0. The second-order valence-electron chi connectivity index (χ2n) is 4.07. The molecule has 0 aliphatic carbocycles. The van der Waals surface area contributed by atoms with Gasteiger partial charge in [-0.25, -0.2) is 9.37 Å². The van der Waals surface area contributed by atoms with Crippen molar-refractivity contribution in [2.24, 2.45) is 0 Å². The Bertz CT molecular complexity index is 683. The third kappa shape index (κ3) is 3.80. The van der Waals surface area contributed by atoms with Crippen molar-refractivity contribution in [3.05, 3.63) is 59.5 Å². The third-order valence-electron chi connectivity index (χ3n) is 2.69. The van der Waals surface area contributed by atoms with Crippen LogP contribution in [-0.4, -0.2) is 18.1 Å². The number of methoxy groups -OCH3 is 1. The molecule has 0 aliphatic rings. The molecule has 0 spiro atoms. The van der Waals surface area contributed by atoms with Crippen LogP contribution in [0.3, 0.4) is 0 Å². The normalized spacial score (nSPS) is 11.5. The summed E-state index contributed by atoms with van der Waals surface area (Å²) in [5.74, 6) is -0.840. The first-order valence-electron chi connectivity index (χ1n) is 6.00. The van der Waals surface area contributed by atoms with Crippen molar-refractivity contribution in [2.45, 2.75) is 10.3 Å². The molecule has 2 rings (SSSR count). The summed E-state index contributed by atoms with van der Waals surface area (Å²) < 4.78 is 17.8. The Morgan fingerprint density at radius 1 is 1.38 bits per heavy atom. The van der Waals surface area contributed by atoms with Crippen LogP contribution >= 0.6 is 11.8 Å². The number of hydrogen-bond acceptors (Lipinski definition) is 5. The molecular weight excluding hydrogens is 291 g/mol. The van der Waals surface area contributed by atoms with E-state index < -0.39 is 11.2 Å². The predicted molar refractivity (Wildman–Crippen MR) is 76.0 cm³/mol. The monoisotopic (exact) mass is 302 g/mol. The summed E-state index contributed by atoms with van der Waals surface area (Å²) in [5.41, 5.74) is 1.06. The average molecular weight is 302 g/mol. The lowest BCUT2D eigenvalue weighted by Gasteiger charge is -2.14. The summed E-state index contributed by atoms with van der Waals surface area (Å²) in [4.78, 5) is 16.0. The minimum atomic E-state index is -0.669. The lowest BCUT2D eigenvalue weighted by Crippen LogP contribution is -2.11. The molecular formula is C15H11FN2O2S. The van der Waals surface area contributed by atoms with Crippen molar-refractivity contribution in [1.82, 2.24) is 4.98 Å². The Morgan fingerprint density at radius 2 is 2.10 bits per heavy atom. The lowest BCUT2D eigenvalue weighted by atomic mass is 10.1. The largest absolute Gasteiger partial charge is 0.468 e. The number of halogens is 1. The van der Waals surface area contributed by atoms with Crippen molar-refractivity contribution in [2.75, 3.05) is 7.11 Å². The zero-order chi connectivity index (χ0) is 15.2. The summed E-state index contributed by atoms with van der Waals surface area (Å²) in [7, 11) is 1.29. The summed E-state index contributed by atoms with van der Waals surface area (Å²) in [6.07, 6.45) is 1.50. The minimum Gasteiger partial charge on any atom is -0.468 e. The van der Waals surface area contributed by atoms with E-state index in [-0.39, 0.29) is 5.82 Å². The van der Waals surface area contributed by atoms with E-state index in [1.807, 2.05) is 6.07 Å². The standard InChI is InChI=1S/C15H11FN2O2S/c1-20-15(19)14(11-2-4-12(16)5-3-11)21-13-8-10(9-17)6-7-18-13/h2-8,14H,1H3/t14-/m0/s1. The van der Waals surface area contributed by atoms with E-state index in [9.17, 15) is 9.18 Å². The number of carbonyl (C=O) groups excluding carboxylic acids is 1.